The minimum atomic E-state index is -1.05. The Balaban J connectivity index is 0.000000230. The predicted octanol–water partition coefficient (Wildman–Crippen LogP) is 6.34. The number of halogens is 3. The number of allylic oxidation sites excluding steroid dienone is 2. The third-order valence-electron chi connectivity index (χ3n) is 6.93. The van der Waals surface area contributed by atoms with Crippen molar-refractivity contribution in [2.45, 2.75) is 56.8 Å². The molecule has 1 saturated heterocycles. The molecule has 0 radical (unpaired) electrons. The number of amides is 1. The number of nitrogens with zero attached hydrogens (tertiary/aromatic N) is 2. The van der Waals surface area contributed by atoms with Gasteiger partial charge in [0.2, 0.25) is 0 Å². The molecule has 0 bridgehead atoms. The Morgan fingerprint density at radius 1 is 1.23 bits per heavy atom. The summed E-state index contributed by atoms with van der Waals surface area (Å²) >= 11 is 16.7. The quantitative estimate of drug-likeness (QED) is 0.169. The van der Waals surface area contributed by atoms with Crippen molar-refractivity contribution in [3.8, 4) is 5.75 Å². The van der Waals surface area contributed by atoms with Gasteiger partial charge in [-0.2, -0.15) is 0 Å². The van der Waals surface area contributed by atoms with Crippen LogP contribution in [0.15, 0.2) is 52.4 Å². The van der Waals surface area contributed by atoms with E-state index in [2.05, 4.69) is 5.16 Å². The zero-order valence-electron chi connectivity index (χ0n) is 22.2. The Kier molecular flexibility index (Phi) is 12.4. The van der Waals surface area contributed by atoms with Gasteiger partial charge in [-0.05, 0) is 56.2 Å². The zero-order chi connectivity index (χ0) is 28.4. The first-order valence-corrected chi connectivity index (χ1v) is 14.4. The van der Waals surface area contributed by atoms with E-state index < -0.39 is 4.84 Å². The molecule has 11 heteroatoms. The van der Waals surface area contributed by atoms with E-state index in [4.69, 9.17) is 49.1 Å². The second-order valence-electron chi connectivity index (χ2n) is 9.55. The van der Waals surface area contributed by atoms with Crippen molar-refractivity contribution >= 4 is 57.9 Å². The second kappa shape index (κ2) is 15.5. The van der Waals surface area contributed by atoms with Gasteiger partial charge in [0.25, 0.3) is 5.91 Å². The van der Waals surface area contributed by atoms with E-state index in [9.17, 15) is 14.7 Å². The lowest BCUT2D eigenvalue weighted by Gasteiger charge is -2.35. The van der Waals surface area contributed by atoms with Gasteiger partial charge in [0.05, 0.1) is 23.0 Å². The average molecular weight is 602 g/mol. The van der Waals surface area contributed by atoms with Crippen molar-refractivity contribution in [2.75, 3.05) is 31.3 Å². The zero-order valence-corrected chi connectivity index (χ0v) is 24.4. The van der Waals surface area contributed by atoms with Gasteiger partial charge in [-0.15, -0.1) is 0 Å². The van der Waals surface area contributed by atoms with Gasteiger partial charge in [-0.1, -0.05) is 59.0 Å². The molecule has 4 rings (SSSR count). The van der Waals surface area contributed by atoms with Gasteiger partial charge in [0.1, 0.15) is 24.7 Å². The highest BCUT2D eigenvalue weighted by molar-refractivity contribution is 6.54. The fraction of sp³-hybridized carbons (Fsp3) is 0.536. The molecule has 214 valence electrons. The molecule has 8 nitrogen and oxygen atoms in total. The normalized spacial score (nSPS) is 22.4. The van der Waals surface area contributed by atoms with Crippen LogP contribution in [-0.4, -0.2) is 59.8 Å². The van der Waals surface area contributed by atoms with E-state index in [1.54, 1.807) is 11.0 Å². The van der Waals surface area contributed by atoms with E-state index in [1.807, 2.05) is 38.1 Å². The lowest BCUT2D eigenvalue weighted by atomic mass is 9.75. The smallest absolute Gasteiger partial charge is 0.260 e. The molecule has 3 aliphatic rings. The van der Waals surface area contributed by atoms with E-state index in [0.29, 0.717) is 48.8 Å². The number of aliphatic hydroxyl groups is 1. The van der Waals surface area contributed by atoms with Crippen molar-refractivity contribution in [3.05, 3.63) is 47.2 Å². The van der Waals surface area contributed by atoms with Gasteiger partial charge < -0.3 is 24.3 Å². The van der Waals surface area contributed by atoms with Crippen LogP contribution in [0.1, 0.15) is 46.0 Å². The van der Waals surface area contributed by atoms with Gasteiger partial charge in [-0.3, -0.25) is 9.59 Å². The van der Waals surface area contributed by atoms with Gasteiger partial charge >= 0.3 is 0 Å². The summed E-state index contributed by atoms with van der Waals surface area (Å²) in [6.45, 7) is 5.96. The van der Waals surface area contributed by atoms with E-state index >= 15 is 0 Å². The number of ketones is 1. The highest BCUT2D eigenvalue weighted by Gasteiger charge is 2.35. The van der Waals surface area contributed by atoms with Crippen molar-refractivity contribution in [1.82, 2.24) is 0 Å². The molecule has 0 saturated carbocycles. The van der Waals surface area contributed by atoms with Crippen LogP contribution in [0, 0.1) is 11.8 Å². The maximum atomic E-state index is 12.5. The van der Waals surface area contributed by atoms with E-state index in [1.165, 1.54) is 5.54 Å². The number of benzene rings is 1. The first-order valence-electron chi connectivity index (χ1n) is 13.1. The Hall–Kier alpha value is -2.26. The number of anilines is 1. The van der Waals surface area contributed by atoms with Crippen LogP contribution in [0.25, 0.3) is 0 Å². The van der Waals surface area contributed by atoms with Crippen LogP contribution in [-0.2, 0) is 19.2 Å². The number of alkyl halides is 2. The monoisotopic (exact) mass is 600 g/mol. The number of rotatable bonds is 7. The number of Topliss-reactive ketones (excluding diaryl/α,β-unsaturated/α-hetero) is 1. The fourth-order valence-corrected chi connectivity index (χ4v) is 5.28. The summed E-state index contributed by atoms with van der Waals surface area (Å²) in [5, 5.41) is 14.4. The van der Waals surface area contributed by atoms with Crippen LogP contribution in [0.2, 0.25) is 0 Å². The molecule has 2 heterocycles. The Labute approximate surface area is 244 Å². The molecule has 0 spiro atoms. The summed E-state index contributed by atoms with van der Waals surface area (Å²) in [5.74, 6) is 1.13. The lowest BCUT2D eigenvalue weighted by molar-refractivity contribution is -0.118. The molecule has 39 heavy (non-hydrogen) atoms. The van der Waals surface area contributed by atoms with Crippen molar-refractivity contribution in [3.63, 3.8) is 0 Å². The number of para-hydroxylation sites is 2. The number of fused-ring (bicyclic) bond motifs is 1. The summed E-state index contributed by atoms with van der Waals surface area (Å²) in [7, 11) is 0. The van der Waals surface area contributed by atoms with Gasteiger partial charge in [0, 0.05) is 31.6 Å². The molecular weight excluding hydrogens is 567 g/mol. The fourth-order valence-electron chi connectivity index (χ4n) is 4.99. The van der Waals surface area contributed by atoms with Gasteiger partial charge in [-0.25, -0.2) is 0 Å². The van der Waals surface area contributed by atoms with Crippen LogP contribution < -0.4 is 9.64 Å². The van der Waals surface area contributed by atoms with Crippen LogP contribution in [0.3, 0.4) is 0 Å². The molecule has 1 fully saturated rings. The molecule has 1 aromatic carbocycles. The number of hydrogen-bond acceptors (Lipinski definition) is 7. The maximum Gasteiger partial charge on any atom is 0.260 e. The molecule has 1 aromatic rings. The second-order valence-corrected chi connectivity index (χ2v) is 10.9. The summed E-state index contributed by atoms with van der Waals surface area (Å²) in [6.07, 6.45) is 5.05. The highest BCUT2D eigenvalue weighted by atomic mass is 35.5. The number of carbonyl (C=O) groups excluding carboxylic acids is 2. The molecule has 2 aliphatic heterocycles. The summed E-state index contributed by atoms with van der Waals surface area (Å²) in [6, 6.07) is 7.27. The van der Waals surface area contributed by atoms with Crippen molar-refractivity contribution in [2.24, 2.45) is 17.0 Å². The summed E-state index contributed by atoms with van der Waals surface area (Å²) < 4.78 is 10.9. The summed E-state index contributed by atoms with van der Waals surface area (Å²) in [4.78, 5) is 30.1. The van der Waals surface area contributed by atoms with Crippen molar-refractivity contribution in [1.29, 1.82) is 0 Å². The van der Waals surface area contributed by atoms with Crippen molar-refractivity contribution < 1.29 is 29.0 Å². The van der Waals surface area contributed by atoms with Crippen LogP contribution in [0.5, 0.6) is 5.75 Å². The van der Waals surface area contributed by atoms with Crippen LogP contribution in [0.4, 0.5) is 5.69 Å². The summed E-state index contributed by atoms with van der Waals surface area (Å²) in [5.41, 5.74) is 2.91. The topological polar surface area (TPSA) is 97.7 Å². The Bertz CT molecular complexity index is 1080. The van der Waals surface area contributed by atoms with E-state index in [0.717, 1.165) is 31.7 Å². The van der Waals surface area contributed by atoms with E-state index in [-0.39, 0.29) is 36.0 Å². The molecule has 2 atom stereocenters. The largest absolute Gasteiger partial charge is 0.511 e. The number of hydrogen-bond donors (Lipinski definition) is 1. The third kappa shape index (κ3) is 8.37. The SMILES string of the molecule is CC/C(=N\OC/C=C/Cl)C1=C(O)CC(C2CCOCC2)CC1=O.CC1COc2ccccc2N1C(=O)C(Cl)Cl. The number of oxime groups is 1. The molecule has 2 unspecified atom stereocenters. The number of ether oxygens (including phenoxy) is 2. The number of carbonyl (C=O) groups is 2. The standard InChI is InChI=1S/C17H24ClNO4.C11H11Cl2NO2/c1-2-14(19-23-7-3-6-18)17-15(20)10-13(11-16(17)21)12-4-8-22-9-5-12;1-7-6-16-9-5-3-2-4-8(9)14(7)11(15)10(12)13/h3,6,12-13,20H,2,4-5,7-11H2,1H3;2-5,7,10H,6H2,1H3/b6-3+,19-14+;. The average Bonchev–Trinajstić information content (AvgIpc) is 2.94. The predicted molar refractivity (Wildman–Crippen MR) is 154 cm³/mol. The molecule has 0 aromatic heterocycles. The third-order valence-corrected chi connectivity index (χ3v) is 7.48. The van der Waals surface area contributed by atoms with Crippen LogP contribution >= 0.6 is 34.8 Å². The first kappa shape index (κ1) is 31.3. The first-order chi connectivity index (χ1) is 18.8. The highest BCUT2D eigenvalue weighted by Crippen LogP contribution is 2.37. The maximum absolute atomic E-state index is 12.5. The lowest BCUT2D eigenvalue weighted by Crippen LogP contribution is -2.47. The molecular formula is C28H35Cl3N2O6. The Morgan fingerprint density at radius 2 is 1.95 bits per heavy atom. The minimum Gasteiger partial charge on any atom is -0.511 e. The number of aliphatic hydroxyl groups excluding tert-OH is 1. The Morgan fingerprint density at radius 3 is 2.59 bits per heavy atom. The molecule has 1 amide bonds. The minimum absolute atomic E-state index is 0.0395. The molecule has 1 aliphatic carbocycles. The molecule has 1 N–H and O–H groups in total. The van der Waals surface area contributed by atoms with Gasteiger partial charge in [0.15, 0.2) is 10.6 Å².